The molecule has 1 fully saturated rings. The van der Waals surface area contributed by atoms with E-state index >= 15 is 0 Å². The smallest absolute Gasteiger partial charge is 0.394 e. The van der Waals surface area contributed by atoms with Crippen molar-refractivity contribution in [3.63, 3.8) is 0 Å². The number of halogens is 3. The average molecular weight is 227 g/mol. The molecule has 1 aliphatic carbocycles. The molecule has 2 unspecified atom stereocenters. The van der Waals surface area contributed by atoms with Crippen LogP contribution < -0.4 is 5.73 Å². The van der Waals surface area contributed by atoms with Gasteiger partial charge in [0.05, 0.1) is 18.8 Å². The number of aliphatic hydroxyl groups excluding tert-OH is 1. The second kappa shape index (κ2) is 4.27. The first kappa shape index (κ1) is 12.7. The lowest BCUT2D eigenvalue weighted by Gasteiger charge is -2.29. The minimum atomic E-state index is -4.38. The highest BCUT2D eigenvalue weighted by Gasteiger charge is 2.44. The van der Waals surface area contributed by atoms with E-state index in [0.29, 0.717) is 0 Å². The van der Waals surface area contributed by atoms with E-state index in [0.717, 1.165) is 19.8 Å². The number of hydrogen-bond donors (Lipinski definition) is 2. The summed E-state index contributed by atoms with van der Waals surface area (Å²) in [4.78, 5) is 0. The second-order valence-corrected chi connectivity index (χ2v) is 4.16. The van der Waals surface area contributed by atoms with Crippen LogP contribution in [0.3, 0.4) is 0 Å². The molecule has 0 bridgehead atoms. The summed E-state index contributed by atoms with van der Waals surface area (Å²) in [5.41, 5.74) is 4.74. The third-order valence-corrected chi connectivity index (χ3v) is 2.75. The highest BCUT2D eigenvalue weighted by molar-refractivity contribution is 4.98. The van der Waals surface area contributed by atoms with Gasteiger partial charge in [0.15, 0.2) is 6.10 Å². The van der Waals surface area contributed by atoms with E-state index < -0.39 is 17.8 Å². The fourth-order valence-electron chi connectivity index (χ4n) is 1.33. The summed E-state index contributed by atoms with van der Waals surface area (Å²) in [7, 11) is 0. The van der Waals surface area contributed by atoms with Gasteiger partial charge < -0.3 is 15.6 Å². The van der Waals surface area contributed by atoms with Gasteiger partial charge in [-0.25, -0.2) is 0 Å². The molecule has 2 atom stereocenters. The van der Waals surface area contributed by atoms with Crippen LogP contribution >= 0.6 is 0 Å². The van der Waals surface area contributed by atoms with Crippen molar-refractivity contribution in [3.8, 4) is 0 Å². The van der Waals surface area contributed by atoms with E-state index in [9.17, 15) is 13.2 Å². The topological polar surface area (TPSA) is 55.5 Å². The molecule has 3 N–H and O–H groups in total. The predicted molar refractivity (Wildman–Crippen MR) is 48.2 cm³/mol. The summed E-state index contributed by atoms with van der Waals surface area (Å²) < 4.78 is 41.0. The van der Waals surface area contributed by atoms with Crippen LogP contribution in [0.15, 0.2) is 0 Å². The van der Waals surface area contributed by atoms with Crippen LogP contribution in [-0.2, 0) is 4.74 Å². The highest BCUT2D eigenvalue weighted by Crippen LogP contribution is 2.38. The van der Waals surface area contributed by atoms with Crippen molar-refractivity contribution < 1.29 is 23.0 Å². The van der Waals surface area contributed by atoms with E-state index in [4.69, 9.17) is 10.8 Å². The molecular formula is C9H16F3NO2. The third-order valence-electron chi connectivity index (χ3n) is 2.75. The molecule has 0 heterocycles. The van der Waals surface area contributed by atoms with Crippen LogP contribution in [0.4, 0.5) is 13.2 Å². The SMILES string of the molecule is CC(OCC(N)(CO)C1CC1)C(F)(F)F. The first-order valence-electron chi connectivity index (χ1n) is 4.87. The highest BCUT2D eigenvalue weighted by atomic mass is 19.4. The number of ether oxygens (including phenoxy) is 1. The summed E-state index contributed by atoms with van der Waals surface area (Å²) in [5, 5.41) is 9.03. The monoisotopic (exact) mass is 227 g/mol. The predicted octanol–water partition coefficient (Wildman–Crippen LogP) is 1.05. The Kier molecular flexibility index (Phi) is 3.63. The Bertz CT molecular complexity index is 218. The molecule has 6 heteroatoms. The van der Waals surface area contributed by atoms with Crippen molar-refractivity contribution in [2.45, 2.75) is 37.6 Å². The Morgan fingerprint density at radius 3 is 2.33 bits per heavy atom. The lowest BCUT2D eigenvalue weighted by Crippen LogP contribution is -2.51. The van der Waals surface area contributed by atoms with Crippen LogP contribution in [0.2, 0.25) is 0 Å². The quantitative estimate of drug-likeness (QED) is 0.738. The van der Waals surface area contributed by atoms with Crippen molar-refractivity contribution in [2.75, 3.05) is 13.2 Å². The van der Waals surface area contributed by atoms with Gasteiger partial charge in [0.25, 0.3) is 0 Å². The van der Waals surface area contributed by atoms with Gasteiger partial charge in [0.1, 0.15) is 0 Å². The zero-order valence-corrected chi connectivity index (χ0v) is 8.55. The summed E-state index contributed by atoms with van der Waals surface area (Å²) in [6, 6.07) is 0. The molecule has 0 aromatic carbocycles. The third kappa shape index (κ3) is 3.32. The van der Waals surface area contributed by atoms with Crippen molar-refractivity contribution >= 4 is 0 Å². The lowest BCUT2D eigenvalue weighted by molar-refractivity contribution is -0.219. The fourth-order valence-corrected chi connectivity index (χ4v) is 1.33. The largest absolute Gasteiger partial charge is 0.414 e. The number of hydrogen-bond acceptors (Lipinski definition) is 3. The summed E-state index contributed by atoms with van der Waals surface area (Å²) in [5.74, 6) is 0.0860. The molecule has 0 aromatic rings. The van der Waals surface area contributed by atoms with Crippen LogP contribution in [0.5, 0.6) is 0 Å². The van der Waals surface area contributed by atoms with Crippen molar-refractivity contribution in [3.05, 3.63) is 0 Å². The zero-order chi connectivity index (χ0) is 11.7. The average Bonchev–Trinajstić information content (AvgIpc) is 2.95. The standard InChI is InChI=1S/C9H16F3NO2/c1-6(9(10,11)12)15-5-8(13,4-14)7-2-3-7/h6-7,14H,2-5,13H2,1H3. The molecular weight excluding hydrogens is 211 g/mol. The number of nitrogens with two attached hydrogens (primary N) is 1. The van der Waals surface area contributed by atoms with E-state index in [1.165, 1.54) is 0 Å². The lowest BCUT2D eigenvalue weighted by atomic mass is 9.97. The van der Waals surface area contributed by atoms with E-state index in [-0.39, 0.29) is 19.1 Å². The first-order chi connectivity index (χ1) is 6.79. The molecule has 1 saturated carbocycles. The van der Waals surface area contributed by atoms with Gasteiger partial charge in [-0.2, -0.15) is 13.2 Å². The van der Waals surface area contributed by atoms with Crippen LogP contribution in [0.25, 0.3) is 0 Å². The molecule has 3 nitrogen and oxygen atoms in total. The normalized spacial score (nSPS) is 23.6. The minimum absolute atomic E-state index is 0.0860. The van der Waals surface area contributed by atoms with Gasteiger partial charge in [-0.15, -0.1) is 0 Å². The summed E-state index contributed by atoms with van der Waals surface area (Å²) >= 11 is 0. The fraction of sp³-hybridized carbons (Fsp3) is 1.00. The van der Waals surface area contributed by atoms with Gasteiger partial charge in [0.2, 0.25) is 0 Å². The van der Waals surface area contributed by atoms with Crippen molar-refractivity contribution in [1.82, 2.24) is 0 Å². The molecule has 1 rings (SSSR count). The maximum Gasteiger partial charge on any atom is 0.414 e. The van der Waals surface area contributed by atoms with Crippen LogP contribution in [0, 0.1) is 5.92 Å². The Hall–Kier alpha value is -0.330. The van der Waals surface area contributed by atoms with Gasteiger partial charge in [-0.1, -0.05) is 0 Å². The number of aliphatic hydroxyl groups is 1. The van der Waals surface area contributed by atoms with Gasteiger partial charge in [-0.3, -0.25) is 0 Å². The van der Waals surface area contributed by atoms with Crippen LogP contribution in [-0.4, -0.2) is 36.1 Å². The molecule has 0 radical (unpaired) electrons. The molecule has 0 spiro atoms. The van der Waals surface area contributed by atoms with Gasteiger partial charge in [-0.05, 0) is 25.7 Å². The number of alkyl halides is 3. The molecule has 0 amide bonds. The van der Waals surface area contributed by atoms with E-state index in [1.54, 1.807) is 0 Å². The summed E-state index contributed by atoms with van der Waals surface area (Å²) in [6.45, 7) is 0.335. The van der Waals surface area contributed by atoms with Crippen molar-refractivity contribution in [2.24, 2.45) is 11.7 Å². The molecule has 1 aliphatic rings. The Balaban J connectivity index is 2.40. The van der Waals surface area contributed by atoms with E-state index in [1.807, 2.05) is 0 Å². The Morgan fingerprint density at radius 2 is 2.00 bits per heavy atom. The van der Waals surface area contributed by atoms with E-state index in [2.05, 4.69) is 4.74 Å². The second-order valence-electron chi connectivity index (χ2n) is 4.16. The minimum Gasteiger partial charge on any atom is -0.394 e. The molecule has 0 aliphatic heterocycles. The molecule has 90 valence electrons. The molecule has 0 saturated heterocycles. The maximum absolute atomic E-state index is 12.1. The van der Waals surface area contributed by atoms with Crippen LogP contribution in [0.1, 0.15) is 19.8 Å². The Labute approximate surface area is 86.4 Å². The van der Waals surface area contributed by atoms with Gasteiger partial charge in [0, 0.05) is 0 Å². The summed E-state index contributed by atoms with van der Waals surface area (Å²) in [6.07, 6.45) is -4.52. The molecule has 0 aromatic heterocycles. The Morgan fingerprint density at radius 1 is 1.47 bits per heavy atom. The molecule has 15 heavy (non-hydrogen) atoms. The zero-order valence-electron chi connectivity index (χ0n) is 8.55. The van der Waals surface area contributed by atoms with Crippen molar-refractivity contribution in [1.29, 1.82) is 0 Å². The first-order valence-corrected chi connectivity index (χ1v) is 4.87. The maximum atomic E-state index is 12.1. The van der Waals surface area contributed by atoms with Gasteiger partial charge >= 0.3 is 6.18 Å². The number of rotatable bonds is 5.